The Kier molecular flexibility index (Phi) is 4.02. The average molecular weight is 281 g/mol. The lowest BCUT2D eigenvalue weighted by Crippen LogP contribution is -2.31. The van der Waals surface area contributed by atoms with E-state index in [1.807, 2.05) is 6.20 Å². The smallest absolute Gasteiger partial charge is 0.131 e. The number of aromatic nitrogens is 2. The molecule has 0 N–H and O–H groups in total. The van der Waals surface area contributed by atoms with E-state index in [0.29, 0.717) is 5.92 Å². The number of fused-ring (bicyclic) bond motifs is 1. The van der Waals surface area contributed by atoms with E-state index in [-0.39, 0.29) is 0 Å². The van der Waals surface area contributed by atoms with E-state index in [4.69, 9.17) is 4.98 Å². The Balaban J connectivity index is 1.77. The van der Waals surface area contributed by atoms with Crippen molar-refractivity contribution in [2.24, 2.45) is 0 Å². The average Bonchev–Trinajstić information content (AvgIpc) is 2.49. The van der Waals surface area contributed by atoms with E-state index >= 15 is 0 Å². The normalized spacial score (nSPS) is 15.2. The molecule has 0 spiro atoms. The molecule has 3 rings (SSSR count). The molecule has 110 valence electrons. The Bertz CT molecular complexity index is 634. The fraction of sp³-hybridized carbons (Fsp3) is 0.444. The van der Waals surface area contributed by atoms with Gasteiger partial charge in [0, 0.05) is 31.7 Å². The number of nitrogens with zero attached hydrogens (tertiary/aromatic N) is 3. The van der Waals surface area contributed by atoms with E-state index in [9.17, 15) is 0 Å². The van der Waals surface area contributed by atoms with Crippen LogP contribution in [-0.4, -0.2) is 21.4 Å². The molecule has 3 nitrogen and oxygen atoms in total. The minimum atomic E-state index is 0.391. The minimum absolute atomic E-state index is 0.391. The van der Waals surface area contributed by atoms with Gasteiger partial charge in [-0.1, -0.05) is 38.1 Å². The predicted molar refractivity (Wildman–Crippen MR) is 85.1 cm³/mol. The zero-order valence-electron chi connectivity index (χ0n) is 13.1. The summed E-state index contributed by atoms with van der Waals surface area (Å²) in [7, 11) is 0. The summed E-state index contributed by atoms with van der Waals surface area (Å²) in [5.74, 6) is 1.36. The fourth-order valence-corrected chi connectivity index (χ4v) is 2.81. The third kappa shape index (κ3) is 3.13. The third-order valence-corrected chi connectivity index (χ3v) is 4.22. The van der Waals surface area contributed by atoms with E-state index in [1.165, 1.54) is 22.4 Å². The van der Waals surface area contributed by atoms with Crippen LogP contribution in [0, 0.1) is 6.92 Å². The van der Waals surface area contributed by atoms with Crippen LogP contribution in [0.1, 0.15) is 48.0 Å². The highest BCUT2D eigenvalue weighted by atomic mass is 15.1. The van der Waals surface area contributed by atoms with E-state index < -0.39 is 0 Å². The zero-order valence-corrected chi connectivity index (χ0v) is 13.1. The number of hydrogen-bond acceptors (Lipinski definition) is 3. The molecule has 0 radical (unpaired) electrons. The molecule has 0 fully saturated rings. The minimum Gasteiger partial charge on any atom is -0.293 e. The van der Waals surface area contributed by atoms with Gasteiger partial charge in [0.1, 0.15) is 5.82 Å². The summed E-state index contributed by atoms with van der Waals surface area (Å²) in [5.41, 5.74) is 5.32. The second kappa shape index (κ2) is 5.94. The van der Waals surface area contributed by atoms with Gasteiger partial charge in [0.15, 0.2) is 0 Å². The molecule has 1 aliphatic heterocycles. The lowest BCUT2D eigenvalue weighted by Gasteiger charge is -2.28. The van der Waals surface area contributed by atoms with Crippen molar-refractivity contribution in [1.29, 1.82) is 0 Å². The van der Waals surface area contributed by atoms with Crippen LogP contribution in [0.25, 0.3) is 0 Å². The molecule has 1 aromatic carbocycles. The van der Waals surface area contributed by atoms with Crippen LogP contribution < -0.4 is 0 Å². The van der Waals surface area contributed by atoms with Gasteiger partial charge in [0.2, 0.25) is 0 Å². The molecular weight excluding hydrogens is 258 g/mol. The van der Waals surface area contributed by atoms with E-state index in [0.717, 1.165) is 31.9 Å². The third-order valence-electron chi connectivity index (χ3n) is 4.22. The summed E-state index contributed by atoms with van der Waals surface area (Å²) in [6.07, 6.45) is 3.09. The monoisotopic (exact) mass is 281 g/mol. The zero-order chi connectivity index (χ0) is 14.8. The molecule has 1 aromatic heterocycles. The Morgan fingerprint density at radius 3 is 2.81 bits per heavy atom. The van der Waals surface area contributed by atoms with Crippen molar-refractivity contribution < 1.29 is 0 Å². The van der Waals surface area contributed by atoms with Crippen molar-refractivity contribution >= 4 is 0 Å². The van der Waals surface area contributed by atoms with E-state index in [2.05, 4.69) is 54.9 Å². The lowest BCUT2D eigenvalue weighted by atomic mass is 10.0. The lowest BCUT2D eigenvalue weighted by molar-refractivity contribution is 0.240. The van der Waals surface area contributed by atoms with Crippen LogP contribution in [0.2, 0.25) is 0 Å². The first-order chi connectivity index (χ1) is 10.1. The van der Waals surface area contributed by atoms with Crippen LogP contribution in [0.5, 0.6) is 0 Å². The van der Waals surface area contributed by atoms with Crippen LogP contribution in [-0.2, 0) is 19.5 Å². The van der Waals surface area contributed by atoms with Gasteiger partial charge in [0.05, 0.1) is 5.69 Å². The Morgan fingerprint density at radius 1 is 1.24 bits per heavy atom. The summed E-state index contributed by atoms with van der Waals surface area (Å²) in [4.78, 5) is 11.7. The molecule has 1 aliphatic rings. The van der Waals surface area contributed by atoms with Gasteiger partial charge in [-0.15, -0.1) is 0 Å². The van der Waals surface area contributed by atoms with Crippen LogP contribution >= 0.6 is 0 Å². The molecule has 0 aliphatic carbocycles. The quantitative estimate of drug-likeness (QED) is 0.862. The second-order valence-electron chi connectivity index (χ2n) is 6.24. The van der Waals surface area contributed by atoms with Gasteiger partial charge in [-0.05, 0) is 30.0 Å². The molecule has 0 atom stereocenters. The maximum atomic E-state index is 4.77. The number of hydrogen-bond donors (Lipinski definition) is 0. The summed E-state index contributed by atoms with van der Waals surface area (Å²) in [5, 5.41) is 0. The van der Waals surface area contributed by atoms with Gasteiger partial charge in [-0.3, -0.25) is 4.90 Å². The van der Waals surface area contributed by atoms with E-state index in [1.54, 1.807) is 0 Å². The van der Waals surface area contributed by atoms with Gasteiger partial charge >= 0.3 is 0 Å². The van der Waals surface area contributed by atoms with Crippen LogP contribution in [0.15, 0.2) is 30.5 Å². The highest BCUT2D eigenvalue weighted by molar-refractivity contribution is 5.26. The molecule has 0 saturated heterocycles. The molecule has 0 amide bonds. The molecule has 0 unspecified atom stereocenters. The standard InChI is InChI=1S/C18H23N3/c1-13(2)18-19-10-15-8-9-21(12-17(15)20-18)11-16-7-5-4-6-14(16)3/h4-7,10,13H,8-9,11-12H2,1-3H3. The van der Waals surface area contributed by atoms with Crippen LogP contribution in [0.4, 0.5) is 0 Å². The van der Waals surface area contributed by atoms with Crippen molar-refractivity contribution in [3.63, 3.8) is 0 Å². The van der Waals surface area contributed by atoms with Gasteiger partial charge in [-0.25, -0.2) is 9.97 Å². The SMILES string of the molecule is Cc1ccccc1CN1CCc2cnc(C(C)C)nc2C1. The number of rotatable bonds is 3. The summed E-state index contributed by atoms with van der Waals surface area (Å²) >= 11 is 0. The molecule has 21 heavy (non-hydrogen) atoms. The topological polar surface area (TPSA) is 29.0 Å². The largest absolute Gasteiger partial charge is 0.293 e. The van der Waals surface area contributed by atoms with Crippen molar-refractivity contribution in [2.75, 3.05) is 6.54 Å². The van der Waals surface area contributed by atoms with Crippen molar-refractivity contribution in [1.82, 2.24) is 14.9 Å². The maximum absolute atomic E-state index is 4.77. The second-order valence-corrected chi connectivity index (χ2v) is 6.24. The van der Waals surface area contributed by atoms with Gasteiger partial charge in [0.25, 0.3) is 0 Å². The first kappa shape index (κ1) is 14.2. The first-order valence-electron chi connectivity index (χ1n) is 7.75. The number of benzene rings is 1. The predicted octanol–water partition coefficient (Wildman–Crippen LogP) is 3.47. The Morgan fingerprint density at radius 2 is 2.05 bits per heavy atom. The van der Waals surface area contributed by atoms with Crippen LogP contribution in [0.3, 0.4) is 0 Å². The highest BCUT2D eigenvalue weighted by Gasteiger charge is 2.19. The summed E-state index contributed by atoms with van der Waals surface area (Å²) in [6.45, 7) is 9.52. The molecular formula is C18H23N3. The van der Waals surface area contributed by atoms with Crippen molar-refractivity contribution in [2.45, 2.75) is 46.2 Å². The van der Waals surface area contributed by atoms with Gasteiger partial charge in [-0.2, -0.15) is 0 Å². The first-order valence-corrected chi connectivity index (χ1v) is 7.75. The highest BCUT2D eigenvalue weighted by Crippen LogP contribution is 2.21. The summed E-state index contributed by atoms with van der Waals surface area (Å²) in [6, 6.07) is 8.64. The fourth-order valence-electron chi connectivity index (χ4n) is 2.81. The molecule has 2 aromatic rings. The van der Waals surface area contributed by atoms with Crippen molar-refractivity contribution in [3.05, 3.63) is 58.7 Å². The van der Waals surface area contributed by atoms with Crippen molar-refractivity contribution in [3.8, 4) is 0 Å². The summed E-state index contributed by atoms with van der Waals surface area (Å²) < 4.78 is 0. The molecule has 3 heteroatoms. The number of aryl methyl sites for hydroxylation is 1. The molecule has 0 saturated carbocycles. The Labute approximate surface area is 127 Å². The molecule has 0 bridgehead atoms. The Hall–Kier alpha value is -1.74. The maximum Gasteiger partial charge on any atom is 0.131 e. The molecule has 2 heterocycles. The van der Waals surface area contributed by atoms with Gasteiger partial charge < -0.3 is 0 Å².